The zero-order chi connectivity index (χ0) is 12.3. The minimum atomic E-state index is -5.40. The zero-order valence-corrected chi connectivity index (χ0v) is 9.78. The van der Waals surface area contributed by atoms with Gasteiger partial charge in [-0.05, 0) is 0 Å². The molecule has 0 amide bonds. The number of phosphoric acid groups is 2. The van der Waals surface area contributed by atoms with E-state index < -0.39 is 38.4 Å². The van der Waals surface area contributed by atoms with Crippen LogP contribution in [-0.2, 0) is 44.1 Å². The van der Waals surface area contributed by atoms with Gasteiger partial charge in [-0.3, -0.25) is 9.11 Å². The normalized spacial score (nSPS) is 20.5. The van der Waals surface area contributed by atoms with Crippen LogP contribution in [0.1, 0.15) is 0 Å². The van der Waals surface area contributed by atoms with Crippen molar-refractivity contribution in [2.24, 2.45) is 0 Å². The van der Waals surface area contributed by atoms with Crippen LogP contribution in [-0.4, -0.2) is 27.3 Å². The highest BCUT2D eigenvalue weighted by Gasteiger charge is 2.40. The summed E-state index contributed by atoms with van der Waals surface area (Å²) in [5, 5.41) is 0. The molecule has 15 heavy (non-hydrogen) atoms. The fourth-order valence-corrected chi connectivity index (χ4v) is 3.65. The van der Waals surface area contributed by atoms with Crippen LogP contribution in [0.3, 0.4) is 0 Å². The first kappa shape index (κ1) is 15.5. The quantitative estimate of drug-likeness (QED) is 0.367. The maximum Gasteiger partial charge on any atom is 0.513 e. The Labute approximate surface area is 87.6 Å². The SMILES string of the molecule is O=S(O)OP(=O)(OS(=O)O)OP(=O)(O)O. The average Bonchev–Trinajstić information content (AvgIpc) is 1.73. The van der Waals surface area contributed by atoms with Gasteiger partial charge in [-0.1, -0.05) is 0 Å². The van der Waals surface area contributed by atoms with E-state index >= 15 is 0 Å². The minimum Gasteiger partial charge on any atom is -0.302 e. The van der Waals surface area contributed by atoms with E-state index in [0.717, 1.165) is 0 Å². The van der Waals surface area contributed by atoms with Gasteiger partial charge < -0.3 is 9.79 Å². The van der Waals surface area contributed by atoms with Crippen LogP contribution in [0.15, 0.2) is 0 Å². The second-order valence-corrected chi connectivity index (χ2v) is 6.19. The molecule has 2 atom stereocenters. The second kappa shape index (κ2) is 5.70. The van der Waals surface area contributed by atoms with Crippen molar-refractivity contribution in [3.63, 3.8) is 0 Å². The molecule has 0 aliphatic carbocycles. The van der Waals surface area contributed by atoms with Crippen LogP contribution in [0.25, 0.3) is 0 Å². The number of rotatable bonds is 6. The van der Waals surface area contributed by atoms with E-state index in [2.05, 4.69) is 12.3 Å². The summed E-state index contributed by atoms with van der Waals surface area (Å²) < 4.78 is 67.5. The van der Waals surface area contributed by atoms with Crippen molar-refractivity contribution in [2.75, 3.05) is 0 Å². The summed E-state index contributed by atoms with van der Waals surface area (Å²) in [6.45, 7) is 0. The maximum atomic E-state index is 11.0. The van der Waals surface area contributed by atoms with E-state index in [-0.39, 0.29) is 0 Å². The predicted molar refractivity (Wildman–Crippen MR) is 44.4 cm³/mol. The van der Waals surface area contributed by atoms with Gasteiger partial charge in [0.15, 0.2) is 0 Å². The Kier molecular flexibility index (Phi) is 5.89. The molecule has 92 valence electrons. The van der Waals surface area contributed by atoms with Crippen LogP contribution < -0.4 is 0 Å². The second-order valence-electron chi connectivity index (χ2n) is 1.60. The summed E-state index contributed by atoms with van der Waals surface area (Å²) in [5.74, 6) is 0. The lowest BCUT2D eigenvalue weighted by molar-refractivity contribution is 0.235. The molecule has 0 radical (unpaired) electrons. The molecule has 0 spiro atoms. The van der Waals surface area contributed by atoms with Crippen LogP contribution in [0.5, 0.6) is 0 Å². The molecule has 0 saturated carbocycles. The van der Waals surface area contributed by atoms with Gasteiger partial charge in [-0.2, -0.15) is 20.7 Å². The van der Waals surface area contributed by atoms with Crippen molar-refractivity contribution in [1.29, 1.82) is 0 Å². The molecule has 0 saturated heterocycles. The smallest absolute Gasteiger partial charge is 0.302 e. The lowest BCUT2D eigenvalue weighted by Crippen LogP contribution is -2.02. The molecule has 11 nitrogen and oxygen atoms in total. The Balaban J connectivity index is 4.86. The van der Waals surface area contributed by atoms with E-state index in [0.29, 0.717) is 0 Å². The van der Waals surface area contributed by atoms with E-state index in [1.807, 2.05) is 0 Å². The van der Waals surface area contributed by atoms with Crippen molar-refractivity contribution in [3.05, 3.63) is 0 Å². The van der Waals surface area contributed by atoms with Gasteiger partial charge in [-0.15, -0.1) is 0 Å². The molecule has 0 heterocycles. The van der Waals surface area contributed by atoms with Gasteiger partial charge in [-0.25, -0.2) is 9.13 Å². The highest BCUT2D eigenvalue weighted by molar-refractivity contribution is 7.85. The minimum absolute atomic E-state index is 3.29. The van der Waals surface area contributed by atoms with Gasteiger partial charge in [0, 0.05) is 0 Å². The summed E-state index contributed by atoms with van der Waals surface area (Å²) in [7, 11) is -10.7. The van der Waals surface area contributed by atoms with Gasteiger partial charge in [0.1, 0.15) is 0 Å². The van der Waals surface area contributed by atoms with E-state index in [9.17, 15) is 17.5 Å². The molecule has 0 aliphatic rings. The highest BCUT2D eigenvalue weighted by Crippen LogP contribution is 2.61. The fourth-order valence-electron chi connectivity index (χ4n) is 0.326. The first-order valence-corrected chi connectivity index (χ1v) is 7.58. The summed E-state index contributed by atoms with van der Waals surface area (Å²) in [5.41, 5.74) is 0. The monoisotopic (exact) mass is 306 g/mol. The third kappa shape index (κ3) is 8.30. The summed E-state index contributed by atoms with van der Waals surface area (Å²) in [6.07, 6.45) is 0. The third-order valence-electron chi connectivity index (χ3n) is 0.516. The van der Waals surface area contributed by atoms with Gasteiger partial charge >= 0.3 is 38.4 Å². The van der Waals surface area contributed by atoms with Gasteiger partial charge in [0.25, 0.3) is 0 Å². The van der Waals surface area contributed by atoms with E-state index in [1.54, 1.807) is 0 Å². The summed E-state index contributed by atoms with van der Waals surface area (Å²) in [6, 6.07) is 0. The fraction of sp³-hybridized carbons (Fsp3) is 0. The lowest BCUT2D eigenvalue weighted by Gasteiger charge is -2.12. The first-order chi connectivity index (χ1) is 6.54. The molecule has 0 aliphatic heterocycles. The van der Waals surface area contributed by atoms with Gasteiger partial charge in [0.05, 0.1) is 0 Å². The highest BCUT2D eigenvalue weighted by atomic mass is 32.2. The van der Waals surface area contributed by atoms with Crippen molar-refractivity contribution in [2.45, 2.75) is 0 Å². The number of hydrogen-bond acceptors (Lipinski definition) is 7. The van der Waals surface area contributed by atoms with Crippen molar-refractivity contribution in [3.8, 4) is 0 Å². The van der Waals surface area contributed by atoms with E-state index in [4.69, 9.17) is 18.9 Å². The predicted octanol–water partition coefficient (Wildman–Crippen LogP) is -0.490. The van der Waals surface area contributed by atoms with Crippen LogP contribution >= 0.6 is 15.6 Å². The largest absolute Gasteiger partial charge is 0.513 e. The van der Waals surface area contributed by atoms with E-state index in [1.165, 1.54) is 0 Å². The lowest BCUT2D eigenvalue weighted by atomic mass is 15.7. The topological polar surface area (TPSA) is 177 Å². The summed E-state index contributed by atoms with van der Waals surface area (Å²) >= 11 is -6.58. The molecule has 0 aromatic heterocycles. The Hall–Kier alpha value is 0.480. The Morgan fingerprint density at radius 1 is 0.933 bits per heavy atom. The molecule has 15 heteroatoms. The molecule has 2 unspecified atom stereocenters. The Morgan fingerprint density at radius 3 is 1.47 bits per heavy atom. The van der Waals surface area contributed by atoms with Crippen molar-refractivity contribution < 1.29 is 48.7 Å². The van der Waals surface area contributed by atoms with Gasteiger partial charge in [0.2, 0.25) is 0 Å². The number of hydrogen-bond donors (Lipinski definition) is 4. The van der Waals surface area contributed by atoms with Crippen LogP contribution in [0, 0.1) is 0 Å². The molecule has 0 bridgehead atoms. The summed E-state index contributed by atoms with van der Waals surface area (Å²) in [4.78, 5) is 16.3. The average molecular weight is 306 g/mol. The van der Waals surface area contributed by atoms with Crippen molar-refractivity contribution >= 4 is 38.4 Å². The molecule has 0 aromatic carbocycles. The van der Waals surface area contributed by atoms with Crippen molar-refractivity contribution in [1.82, 2.24) is 0 Å². The molecular formula is H4O11P2S2. The molecular weight excluding hydrogens is 302 g/mol. The maximum absolute atomic E-state index is 11.0. The Bertz CT molecular complexity index is 330. The van der Waals surface area contributed by atoms with Crippen LogP contribution in [0.4, 0.5) is 0 Å². The zero-order valence-electron chi connectivity index (χ0n) is 6.36. The third-order valence-corrected chi connectivity index (χ3v) is 4.65. The van der Waals surface area contributed by atoms with Crippen LogP contribution in [0.2, 0.25) is 0 Å². The standard InChI is InChI=1S/H4O11P2S2/c1-12(2,3)9-13(4,10-14(5)6)11-15(7)8/h(H,5,6)(H,7,8)(H2,1,2,3). The molecule has 4 N–H and O–H groups in total. The molecule has 0 aromatic rings. The Morgan fingerprint density at radius 2 is 1.27 bits per heavy atom. The first-order valence-electron chi connectivity index (χ1n) is 2.53. The molecule has 0 fully saturated rings. The molecule has 0 rings (SSSR count).